The number of aromatic nitrogens is 2. The number of nitrogens with two attached hydrogens (primary N) is 1. The van der Waals surface area contributed by atoms with Crippen LogP contribution in [0.2, 0.25) is 0 Å². The first-order chi connectivity index (χ1) is 8.67. The molecule has 0 aliphatic heterocycles. The molecule has 8 heteroatoms. The molecule has 0 aliphatic rings. The van der Waals surface area contributed by atoms with Gasteiger partial charge >= 0.3 is 6.18 Å². The molecule has 0 aliphatic carbocycles. The number of hydrogen-bond acceptors (Lipinski definition) is 3. The third-order valence-electron chi connectivity index (χ3n) is 2.60. The molecule has 108 valence electrons. The van der Waals surface area contributed by atoms with Crippen molar-refractivity contribution in [2.45, 2.75) is 39.5 Å². The summed E-state index contributed by atoms with van der Waals surface area (Å²) in [5.41, 5.74) is 5.69. The summed E-state index contributed by atoms with van der Waals surface area (Å²) >= 11 is 0. The number of nitrogen functional groups attached to an aromatic ring is 1. The third kappa shape index (κ3) is 3.62. The Kier molecular flexibility index (Phi) is 4.43. The summed E-state index contributed by atoms with van der Waals surface area (Å²) < 4.78 is 38.8. The van der Waals surface area contributed by atoms with Crippen LogP contribution >= 0.6 is 0 Å². The van der Waals surface area contributed by atoms with E-state index in [1.54, 1.807) is 6.92 Å². The van der Waals surface area contributed by atoms with E-state index in [4.69, 9.17) is 5.73 Å². The third-order valence-corrected chi connectivity index (χ3v) is 2.60. The van der Waals surface area contributed by atoms with E-state index in [9.17, 15) is 18.0 Å². The minimum atomic E-state index is -4.45. The van der Waals surface area contributed by atoms with E-state index in [-0.39, 0.29) is 11.4 Å². The summed E-state index contributed by atoms with van der Waals surface area (Å²) in [5, 5.41) is 3.86. The lowest BCUT2D eigenvalue weighted by Gasteiger charge is -2.28. The maximum Gasteiger partial charge on any atom is 0.406 e. The van der Waals surface area contributed by atoms with Crippen molar-refractivity contribution in [3.63, 3.8) is 0 Å². The molecule has 0 saturated carbocycles. The van der Waals surface area contributed by atoms with Crippen LogP contribution in [-0.4, -0.2) is 39.4 Å². The Labute approximate surface area is 109 Å². The van der Waals surface area contributed by atoms with Crippen molar-refractivity contribution in [2.24, 2.45) is 0 Å². The Bertz CT molecular complexity index is 453. The molecule has 0 aromatic carbocycles. The number of nitrogens with zero attached hydrogens (tertiary/aromatic N) is 3. The van der Waals surface area contributed by atoms with Crippen LogP contribution in [0, 0.1) is 0 Å². The number of aryl methyl sites for hydroxylation is 1. The second-order valence-corrected chi connectivity index (χ2v) is 4.41. The van der Waals surface area contributed by atoms with Crippen LogP contribution in [-0.2, 0) is 6.54 Å². The Hall–Kier alpha value is -1.73. The first kappa shape index (κ1) is 15.3. The van der Waals surface area contributed by atoms with E-state index in [0.29, 0.717) is 6.54 Å². The number of halogens is 3. The van der Waals surface area contributed by atoms with E-state index < -0.39 is 24.7 Å². The Morgan fingerprint density at radius 3 is 2.53 bits per heavy atom. The number of carbonyl (C=O) groups is 1. The zero-order valence-electron chi connectivity index (χ0n) is 11.0. The van der Waals surface area contributed by atoms with Gasteiger partial charge in [-0.05, 0) is 20.8 Å². The highest BCUT2D eigenvalue weighted by Gasteiger charge is 2.36. The molecule has 2 N–H and O–H groups in total. The summed E-state index contributed by atoms with van der Waals surface area (Å²) in [5.74, 6) is -0.760. The smallest absolute Gasteiger partial charge is 0.396 e. The molecular weight excluding hydrogens is 261 g/mol. The highest BCUT2D eigenvalue weighted by Crippen LogP contribution is 2.21. The van der Waals surface area contributed by atoms with Crippen molar-refractivity contribution in [3.8, 4) is 0 Å². The van der Waals surface area contributed by atoms with Gasteiger partial charge in [-0.1, -0.05) is 0 Å². The standard InChI is InChI=1S/C11H17F3N4O/c1-4-18-9(8(15)5-16-18)10(19)17(7(2)3)6-11(12,13)14/h5,7H,4,6,15H2,1-3H3. The van der Waals surface area contributed by atoms with Crippen LogP contribution < -0.4 is 5.73 Å². The van der Waals surface area contributed by atoms with Crippen LogP contribution in [0.5, 0.6) is 0 Å². The molecule has 1 heterocycles. The second-order valence-electron chi connectivity index (χ2n) is 4.41. The molecule has 1 amide bonds. The van der Waals surface area contributed by atoms with Crippen molar-refractivity contribution in [1.29, 1.82) is 0 Å². The maximum atomic E-state index is 12.5. The normalized spacial score (nSPS) is 11.9. The number of rotatable bonds is 4. The minimum absolute atomic E-state index is 0.000417. The van der Waals surface area contributed by atoms with E-state index >= 15 is 0 Å². The van der Waals surface area contributed by atoms with Crippen LogP contribution in [0.1, 0.15) is 31.3 Å². The number of amides is 1. The summed E-state index contributed by atoms with van der Waals surface area (Å²) in [4.78, 5) is 12.9. The summed E-state index contributed by atoms with van der Waals surface area (Å²) in [6.45, 7) is 3.82. The zero-order valence-corrected chi connectivity index (χ0v) is 11.0. The van der Waals surface area contributed by atoms with Crippen LogP contribution in [0.3, 0.4) is 0 Å². The average Bonchev–Trinajstić information content (AvgIpc) is 2.65. The Morgan fingerprint density at radius 2 is 2.11 bits per heavy atom. The quantitative estimate of drug-likeness (QED) is 0.914. The highest BCUT2D eigenvalue weighted by atomic mass is 19.4. The number of alkyl halides is 3. The van der Waals surface area contributed by atoms with Gasteiger partial charge in [-0.15, -0.1) is 0 Å². The lowest BCUT2D eigenvalue weighted by molar-refractivity contribution is -0.143. The first-order valence-corrected chi connectivity index (χ1v) is 5.86. The number of hydrogen-bond donors (Lipinski definition) is 1. The van der Waals surface area contributed by atoms with E-state index in [1.807, 2.05) is 0 Å². The van der Waals surface area contributed by atoms with Gasteiger partial charge in [0.25, 0.3) is 5.91 Å². The van der Waals surface area contributed by atoms with Gasteiger partial charge in [0.1, 0.15) is 12.2 Å². The monoisotopic (exact) mass is 278 g/mol. The summed E-state index contributed by atoms with van der Waals surface area (Å²) in [6, 6.07) is -0.589. The summed E-state index contributed by atoms with van der Waals surface area (Å²) in [7, 11) is 0. The van der Waals surface area contributed by atoms with E-state index in [2.05, 4.69) is 5.10 Å². The zero-order chi connectivity index (χ0) is 14.8. The van der Waals surface area contributed by atoms with Gasteiger partial charge in [0, 0.05) is 12.6 Å². The fourth-order valence-electron chi connectivity index (χ4n) is 1.69. The molecule has 1 aromatic rings. The van der Waals surface area contributed by atoms with Crippen LogP contribution in [0.25, 0.3) is 0 Å². The fourth-order valence-corrected chi connectivity index (χ4v) is 1.69. The largest absolute Gasteiger partial charge is 0.406 e. The minimum Gasteiger partial charge on any atom is -0.396 e. The molecule has 0 unspecified atom stereocenters. The summed E-state index contributed by atoms with van der Waals surface area (Å²) in [6.07, 6.45) is -3.19. The SMILES string of the molecule is CCn1ncc(N)c1C(=O)N(CC(F)(F)F)C(C)C. The Morgan fingerprint density at radius 1 is 1.53 bits per heavy atom. The van der Waals surface area contributed by atoms with Gasteiger partial charge in [-0.25, -0.2) is 0 Å². The lowest BCUT2D eigenvalue weighted by atomic mass is 10.2. The molecule has 0 radical (unpaired) electrons. The van der Waals surface area contributed by atoms with Gasteiger partial charge in [0.15, 0.2) is 0 Å². The number of anilines is 1. The molecule has 1 rings (SSSR count). The molecule has 0 atom stereocenters. The molecule has 19 heavy (non-hydrogen) atoms. The number of carbonyl (C=O) groups excluding carboxylic acids is 1. The predicted octanol–water partition coefficient (Wildman–Crippen LogP) is 1.90. The molecule has 0 bridgehead atoms. The topological polar surface area (TPSA) is 64.2 Å². The molecule has 0 saturated heterocycles. The van der Waals surface area contributed by atoms with Gasteiger partial charge in [-0.3, -0.25) is 9.48 Å². The van der Waals surface area contributed by atoms with Crippen molar-refractivity contribution >= 4 is 11.6 Å². The van der Waals surface area contributed by atoms with Gasteiger partial charge in [-0.2, -0.15) is 18.3 Å². The molecule has 0 fully saturated rings. The van der Waals surface area contributed by atoms with Gasteiger partial charge < -0.3 is 10.6 Å². The second kappa shape index (κ2) is 5.50. The van der Waals surface area contributed by atoms with E-state index in [1.165, 1.54) is 24.7 Å². The predicted molar refractivity (Wildman–Crippen MR) is 64.5 cm³/mol. The highest BCUT2D eigenvalue weighted by molar-refractivity contribution is 5.97. The van der Waals surface area contributed by atoms with Gasteiger partial charge in [0.05, 0.1) is 11.9 Å². The molecular formula is C11H17F3N4O. The molecule has 0 spiro atoms. The van der Waals surface area contributed by atoms with Crippen molar-refractivity contribution < 1.29 is 18.0 Å². The molecule has 5 nitrogen and oxygen atoms in total. The molecule has 1 aromatic heterocycles. The van der Waals surface area contributed by atoms with Crippen LogP contribution in [0.4, 0.5) is 18.9 Å². The maximum absolute atomic E-state index is 12.5. The Balaban J connectivity index is 3.09. The van der Waals surface area contributed by atoms with E-state index in [0.717, 1.165) is 4.90 Å². The average molecular weight is 278 g/mol. The van der Waals surface area contributed by atoms with Crippen LogP contribution in [0.15, 0.2) is 6.20 Å². The van der Waals surface area contributed by atoms with Crippen molar-refractivity contribution in [1.82, 2.24) is 14.7 Å². The lowest BCUT2D eigenvalue weighted by Crippen LogP contribution is -2.44. The van der Waals surface area contributed by atoms with Gasteiger partial charge in [0.2, 0.25) is 0 Å². The first-order valence-electron chi connectivity index (χ1n) is 5.86. The van der Waals surface area contributed by atoms with Crippen molar-refractivity contribution in [3.05, 3.63) is 11.9 Å². The fraction of sp³-hybridized carbons (Fsp3) is 0.636. The van der Waals surface area contributed by atoms with Crippen molar-refractivity contribution in [2.75, 3.05) is 12.3 Å².